The minimum atomic E-state index is 0.730. The lowest BCUT2D eigenvalue weighted by atomic mass is 10.0. The fraction of sp³-hybridized carbons (Fsp3) is 1.00. The van der Waals surface area contributed by atoms with Crippen LogP contribution in [0.1, 0.15) is 40.5 Å². The van der Waals surface area contributed by atoms with Gasteiger partial charge in [0.25, 0.3) is 0 Å². The molecule has 0 aromatic carbocycles. The maximum atomic E-state index is 2.63. The molecular formula is C11H23N. The summed E-state index contributed by atoms with van der Waals surface area (Å²) in [6, 6.07) is 0.730. The number of hydrogen-bond acceptors (Lipinski definition) is 1. The molecule has 1 aliphatic rings. The standard InChI is InChI=1S/C11H23N/c1-9(2)12-7-10(3)5-6-11(4)8-12/h9-11H,5-8H2,1-4H3. The topological polar surface area (TPSA) is 3.24 Å². The van der Waals surface area contributed by atoms with Crippen molar-refractivity contribution in [1.29, 1.82) is 0 Å². The largest absolute Gasteiger partial charge is 0.300 e. The fourth-order valence-electron chi connectivity index (χ4n) is 2.05. The second kappa shape index (κ2) is 4.27. The van der Waals surface area contributed by atoms with Gasteiger partial charge in [0.05, 0.1) is 0 Å². The first kappa shape index (κ1) is 10.0. The SMILES string of the molecule is CC1CCC(C)CN(C(C)C)C1. The third-order valence-electron chi connectivity index (χ3n) is 2.97. The van der Waals surface area contributed by atoms with Gasteiger partial charge in [-0.25, -0.2) is 0 Å². The number of rotatable bonds is 1. The smallest absolute Gasteiger partial charge is 0.00388 e. The van der Waals surface area contributed by atoms with Gasteiger partial charge in [-0.15, -0.1) is 0 Å². The molecule has 1 fully saturated rings. The maximum Gasteiger partial charge on any atom is 0.00388 e. The molecule has 0 aromatic heterocycles. The first-order valence-electron chi connectivity index (χ1n) is 5.33. The average molecular weight is 169 g/mol. The lowest BCUT2D eigenvalue weighted by Crippen LogP contribution is -2.35. The molecule has 2 atom stereocenters. The summed E-state index contributed by atoms with van der Waals surface area (Å²) < 4.78 is 0. The summed E-state index contributed by atoms with van der Waals surface area (Å²) in [6.45, 7) is 12.0. The van der Waals surface area contributed by atoms with Crippen LogP contribution in [0.15, 0.2) is 0 Å². The van der Waals surface area contributed by atoms with Crippen LogP contribution in [0.5, 0.6) is 0 Å². The summed E-state index contributed by atoms with van der Waals surface area (Å²) in [7, 11) is 0. The lowest BCUT2D eigenvalue weighted by Gasteiger charge is -2.27. The Hall–Kier alpha value is -0.0400. The Morgan fingerprint density at radius 2 is 1.42 bits per heavy atom. The number of likely N-dealkylation sites (tertiary alicyclic amines) is 1. The van der Waals surface area contributed by atoms with Gasteiger partial charge < -0.3 is 4.90 Å². The quantitative estimate of drug-likeness (QED) is 0.583. The predicted molar refractivity (Wildman–Crippen MR) is 54.3 cm³/mol. The summed E-state index contributed by atoms with van der Waals surface area (Å²) >= 11 is 0. The minimum Gasteiger partial charge on any atom is -0.300 e. The van der Waals surface area contributed by atoms with Crippen molar-refractivity contribution in [3.63, 3.8) is 0 Å². The van der Waals surface area contributed by atoms with Crippen LogP contribution in [0.4, 0.5) is 0 Å². The molecule has 1 heteroatoms. The van der Waals surface area contributed by atoms with Gasteiger partial charge in [-0.1, -0.05) is 13.8 Å². The van der Waals surface area contributed by atoms with Crippen molar-refractivity contribution < 1.29 is 0 Å². The summed E-state index contributed by atoms with van der Waals surface area (Å²) in [5.74, 6) is 1.80. The van der Waals surface area contributed by atoms with Gasteiger partial charge in [-0.2, -0.15) is 0 Å². The van der Waals surface area contributed by atoms with Crippen LogP contribution < -0.4 is 0 Å². The van der Waals surface area contributed by atoms with Crippen molar-refractivity contribution in [2.24, 2.45) is 11.8 Å². The Kier molecular flexibility index (Phi) is 3.57. The van der Waals surface area contributed by atoms with Gasteiger partial charge in [-0.3, -0.25) is 0 Å². The van der Waals surface area contributed by atoms with Crippen molar-refractivity contribution in [1.82, 2.24) is 4.90 Å². The van der Waals surface area contributed by atoms with Gasteiger partial charge in [0.1, 0.15) is 0 Å². The van der Waals surface area contributed by atoms with Gasteiger partial charge in [0, 0.05) is 19.1 Å². The van der Waals surface area contributed by atoms with Gasteiger partial charge in [0.2, 0.25) is 0 Å². The Morgan fingerprint density at radius 3 is 1.75 bits per heavy atom. The Bertz CT molecular complexity index is 119. The zero-order chi connectivity index (χ0) is 9.14. The van der Waals surface area contributed by atoms with E-state index in [2.05, 4.69) is 32.6 Å². The third-order valence-corrected chi connectivity index (χ3v) is 2.97. The van der Waals surface area contributed by atoms with E-state index in [1.807, 2.05) is 0 Å². The summed E-state index contributed by atoms with van der Waals surface area (Å²) in [4.78, 5) is 2.63. The molecule has 0 saturated carbocycles. The minimum absolute atomic E-state index is 0.730. The van der Waals surface area contributed by atoms with E-state index >= 15 is 0 Å². The molecule has 72 valence electrons. The Labute approximate surface area is 77.1 Å². The summed E-state index contributed by atoms with van der Waals surface area (Å²) in [6.07, 6.45) is 2.84. The molecule has 12 heavy (non-hydrogen) atoms. The fourth-order valence-corrected chi connectivity index (χ4v) is 2.05. The monoisotopic (exact) mass is 169 g/mol. The van der Waals surface area contributed by atoms with Crippen LogP contribution in [0.2, 0.25) is 0 Å². The highest BCUT2D eigenvalue weighted by molar-refractivity contribution is 4.74. The third kappa shape index (κ3) is 2.78. The van der Waals surface area contributed by atoms with E-state index in [9.17, 15) is 0 Å². The Morgan fingerprint density at radius 1 is 1.00 bits per heavy atom. The molecule has 2 unspecified atom stereocenters. The van der Waals surface area contributed by atoms with Crippen molar-refractivity contribution in [3.8, 4) is 0 Å². The van der Waals surface area contributed by atoms with E-state index < -0.39 is 0 Å². The summed E-state index contributed by atoms with van der Waals surface area (Å²) in [5.41, 5.74) is 0. The van der Waals surface area contributed by atoms with Crippen molar-refractivity contribution in [3.05, 3.63) is 0 Å². The highest BCUT2D eigenvalue weighted by Gasteiger charge is 2.20. The maximum absolute atomic E-state index is 2.63. The first-order chi connectivity index (χ1) is 5.59. The van der Waals surface area contributed by atoms with Gasteiger partial charge in [-0.05, 0) is 38.5 Å². The van der Waals surface area contributed by atoms with Crippen LogP contribution in [-0.2, 0) is 0 Å². The zero-order valence-corrected chi connectivity index (χ0v) is 9.01. The molecule has 1 aliphatic heterocycles. The molecule has 1 heterocycles. The Balaban J connectivity index is 2.49. The zero-order valence-electron chi connectivity index (χ0n) is 9.01. The van der Waals surface area contributed by atoms with E-state index in [4.69, 9.17) is 0 Å². The second-order valence-electron chi connectivity index (χ2n) is 4.84. The van der Waals surface area contributed by atoms with Crippen molar-refractivity contribution in [2.45, 2.75) is 46.6 Å². The molecule has 1 rings (SSSR count). The van der Waals surface area contributed by atoms with Crippen LogP contribution >= 0.6 is 0 Å². The highest BCUT2D eigenvalue weighted by Crippen LogP contribution is 2.21. The van der Waals surface area contributed by atoms with Crippen LogP contribution in [0, 0.1) is 11.8 Å². The van der Waals surface area contributed by atoms with Crippen LogP contribution in [0.25, 0.3) is 0 Å². The number of nitrogens with zero attached hydrogens (tertiary/aromatic N) is 1. The van der Waals surface area contributed by atoms with E-state index in [-0.39, 0.29) is 0 Å². The second-order valence-corrected chi connectivity index (χ2v) is 4.84. The van der Waals surface area contributed by atoms with E-state index in [1.165, 1.54) is 25.9 Å². The first-order valence-corrected chi connectivity index (χ1v) is 5.33. The molecule has 1 saturated heterocycles. The van der Waals surface area contributed by atoms with E-state index in [0.717, 1.165) is 17.9 Å². The molecule has 0 aliphatic carbocycles. The highest BCUT2D eigenvalue weighted by atomic mass is 15.1. The molecule has 0 bridgehead atoms. The summed E-state index contributed by atoms with van der Waals surface area (Å²) in [5, 5.41) is 0. The van der Waals surface area contributed by atoms with Crippen LogP contribution in [0.3, 0.4) is 0 Å². The molecule has 0 radical (unpaired) electrons. The van der Waals surface area contributed by atoms with E-state index in [0.29, 0.717) is 0 Å². The van der Waals surface area contributed by atoms with Gasteiger partial charge >= 0.3 is 0 Å². The van der Waals surface area contributed by atoms with Crippen LogP contribution in [-0.4, -0.2) is 24.0 Å². The molecule has 1 nitrogen and oxygen atoms in total. The molecular weight excluding hydrogens is 146 g/mol. The van der Waals surface area contributed by atoms with Crippen molar-refractivity contribution >= 4 is 0 Å². The molecule has 0 N–H and O–H groups in total. The molecule has 0 spiro atoms. The average Bonchev–Trinajstić information content (AvgIpc) is 2.13. The molecule has 0 aromatic rings. The van der Waals surface area contributed by atoms with Crippen molar-refractivity contribution in [2.75, 3.05) is 13.1 Å². The lowest BCUT2D eigenvalue weighted by molar-refractivity contribution is 0.191. The predicted octanol–water partition coefficient (Wildman–Crippen LogP) is 2.76. The van der Waals surface area contributed by atoms with E-state index in [1.54, 1.807) is 0 Å². The normalized spacial score (nSPS) is 33.8. The molecule has 0 amide bonds. The van der Waals surface area contributed by atoms with Gasteiger partial charge in [0.15, 0.2) is 0 Å². The number of hydrogen-bond donors (Lipinski definition) is 0.